The van der Waals surface area contributed by atoms with E-state index < -0.39 is 5.97 Å². The number of rotatable bonds is 1. The molecule has 0 aromatic carbocycles. The first-order valence-electron chi connectivity index (χ1n) is 2.39. The summed E-state index contributed by atoms with van der Waals surface area (Å²) in [4.78, 5) is 9.00. The molecule has 0 aromatic heterocycles. The summed E-state index contributed by atoms with van der Waals surface area (Å²) < 4.78 is 0. The molecule has 0 heterocycles. The largest absolute Gasteiger partial charge is 0.481 e. The number of aliphatic carboxylic acids is 1. The van der Waals surface area contributed by atoms with Gasteiger partial charge in [0.2, 0.25) is 0 Å². The van der Waals surface area contributed by atoms with Gasteiger partial charge in [0.1, 0.15) is 0 Å². The fourth-order valence-electron chi connectivity index (χ4n) is 0.0645. The molecule has 0 atom stereocenters. The van der Waals surface area contributed by atoms with Gasteiger partial charge < -0.3 is 10.2 Å². The van der Waals surface area contributed by atoms with E-state index in [9.17, 15) is 0 Å². The van der Waals surface area contributed by atoms with Crippen molar-refractivity contribution >= 4 is 5.97 Å². The number of aliphatic hydroxyl groups excluding tert-OH is 1. The first kappa shape index (κ1) is 10.9. The minimum absolute atomic E-state index is 0.108. The van der Waals surface area contributed by atoms with Crippen molar-refractivity contribution in [2.75, 3.05) is 6.61 Å². The maximum Gasteiger partial charge on any atom is 0.300 e. The maximum atomic E-state index is 9.00. The second-order valence-corrected chi connectivity index (χ2v) is 1.20. The Hall–Kier alpha value is -1.01. The highest BCUT2D eigenvalue weighted by Crippen LogP contribution is 1.62. The molecule has 0 amide bonds. The molecule has 0 bridgehead atoms. The van der Waals surface area contributed by atoms with E-state index in [2.05, 4.69) is 5.92 Å². The molecule has 0 aliphatic carbocycles. The van der Waals surface area contributed by atoms with E-state index in [1.165, 1.54) is 0 Å². The van der Waals surface area contributed by atoms with Gasteiger partial charge in [0.05, 0.1) is 6.61 Å². The van der Waals surface area contributed by atoms with Gasteiger partial charge in [0, 0.05) is 13.3 Å². The summed E-state index contributed by atoms with van der Waals surface area (Å²) in [6.45, 7) is 1.19. The van der Waals surface area contributed by atoms with Crippen LogP contribution in [0.25, 0.3) is 0 Å². The highest BCUT2D eigenvalue weighted by Gasteiger charge is 1.65. The van der Waals surface area contributed by atoms with Crippen LogP contribution in [0.4, 0.5) is 0 Å². The van der Waals surface area contributed by atoms with Crippen LogP contribution >= 0.6 is 0 Å². The highest BCUT2D eigenvalue weighted by atomic mass is 16.4. The molecule has 0 spiro atoms. The summed E-state index contributed by atoms with van der Waals surface area (Å²) >= 11 is 0. The lowest BCUT2D eigenvalue weighted by Gasteiger charge is -1.70. The van der Waals surface area contributed by atoms with E-state index in [0.717, 1.165) is 6.92 Å². The minimum atomic E-state index is -0.833. The molecule has 0 saturated carbocycles. The van der Waals surface area contributed by atoms with Gasteiger partial charge in [-0.25, -0.2) is 0 Å². The van der Waals surface area contributed by atoms with Crippen molar-refractivity contribution in [3.63, 3.8) is 0 Å². The molecule has 52 valence electrons. The summed E-state index contributed by atoms with van der Waals surface area (Å²) in [7, 11) is 0. The lowest BCUT2D eigenvalue weighted by atomic mass is 10.5. The van der Waals surface area contributed by atoms with Crippen LogP contribution in [0.1, 0.15) is 13.3 Å². The van der Waals surface area contributed by atoms with Gasteiger partial charge in [-0.15, -0.1) is 12.3 Å². The fraction of sp³-hybridized carbons (Fsp3) is 0.500. The van der Waals surface area contributed by atoms with Crippen LogP contribution < -0.4 is 0 Å². The van der Waals surface area contributed by atoms with Crippen molar-refractivity contribution in [3.8, 4) is 12.3 Å². The summed E-state index contributed by atoms with van der Waals surface area (Å²) in [6, 6.07) is 0. The quantitative estimate of drug-likeness (QED) is 0.495. The number of hydrogen-bond acceptors (Lipinski definition) is 2. The highest BCUT2D eigenvalue weighted by molar-refractivity contribution is 5.62. The average molecular weight is 130 g/mol. The Morgan fingerprint density at radius 2 is 2.11 bits per heavy atom. The molecule has 3 heteroatoms. The van der Waals surface area contributed by atoms with Gasteiger partial charge in [0.25, 0.3) is 5.97 Å². The van der Waals surface area contributed by atoms with Crippen molar-refractivity contribution in [3.05, 3.63) is 0 Å². The van der Waals surface area contributed by atoms with E-state index in [-0.39, 0.29) is 6.61 Å². The zero-order valence-corrected chi connectivity index (χ0v) is 5.29. The van der Waals surface area contributed by atoms with Gasteiger partial charge >= 0.3 is 0 Å². The second kappa shape index (κ2) is 10.1. The molecule has 2 N–H and O–H groups in total. The van der Waals surface area contributed by atoms with E-state index in [1.807, 2.05) is 0 Å². The molecule has 9 heavy (non-hydrogen) atoms. The average Bonchev–Trinajstić information content (AvgIpc) is 1.66. The van der Waals surface area contributed by atoms with Gasteiger partial charge in [-0.2, -0.15) is 0 Å². The number of hydrogen-bond donors (Lipinski definition) is 2. The molecule has 0 aliphatic rings. The molecular formula is C6H10O3. The third-order valence-electron chi connectivity index (χ3n) is 0.256. The minimum Gasteiger partial charge on any atom is -0.481 e. The summed E-state index contributed by atoms with van der Waals surface area (Å²) in [5, 5.41) is 15.3. The lowest BCUT2D eigenvalue weighted by Crippen LogP contribution is -1.78. The smallest absolute Gasteiger partial charge is 0.300 e. The topological polar surface area (TPSA) is 57.5 Å². The van der Waals surface area contributed by atoms with Crippen molar-refractivity contribution in [2.24, 2.45) is 0 Å². The van der Waals surface area contributed by atoms with Gasteiger partial charge in [-0.05, 0) is 0 Å². The Morgan fingerprint density at radius 1 is 1.78 bits per heavy atom. The Balaban J connectivity index is 0. The third kappa shape index (κ3) is 178. The van der Waals surface area contributed by atoms with Crippen LogP contribution in [0.3, 0.4) is 0 Å². The number of carbonyl (C=O) groups is 1. The summed E-state index contributed by atoms with van der Waals surface area (Å²) in [6.07, 6.45) is 5.20. The van der Waals surface area contributed by atoms with Crippen LogP contribution in [0, 0.1) is 12.3 Å². The zero-order valence-electron chi connectivity index (χ0n) is 5.29. The van der Waals surface area contributed by atoms with Gasteiger partial charge in [0.15, 0.2) is 0 Å². The lowest BCUT2D eigenvalue weighted by molar-refractivity contribution is -0.134. The Labute approximate surface area is 54.3 Å². The van der Waals surface area contributed by atoms with E-state index >= 15 is 0 Å². The maximum absolute atomic E-state index is 9.00. The molecular weight excluding hydrogens is 120 g/mol. The number of aliphatic hydroxyl groups is 1. The summed E-state index contributed by atoms with van der Waals surface area (Å²) in [5.74, 6) is 1.43. The predicted molar refractivity (Wildman–Crippen MR) is 33.8 cm³/mol. The van der Waals surface area contributed by atoms with Crippen molar-refractivity contribution in [1.29, 1.82) is 0 Å². The number of carboxylic acid groups (broad SMARTS) is 1. The molecule has 0 saturated heterocycles. The fourth-order valence-corrected chi connectivity index (χ4v) is 0.0645. The monoisotopic (exact) mass is 130 g/mol. The molecule has 0 rings (SSSR count). The van der Waals surface area contributed by atoms with E-state index in [0.29, 0.717) is 6.42 Å². The van der Waals surface area contributed by atoms with Crippen LogP contribution in [-0.2, 0) is 4.79 Å². The Kier molecular flexibility index (Phi) is 12.2. The molecule has 0 radical (unpaired) electrons. The van der Waals surface area contributed by atoms with Gasteiger partial charge in [-0.3, -0.25) is 4.79 Å². The SMILES string of the molecule is C#CCCO.CC(=O)O. The molecule has 0 unspecified atom stereocenters. The van der Waals surface area contributed by atoms with Crippen molar-refractivity contribution < 1.29 is 15.0 Å². The summed E-state index contributed by atoms with van der Waals surface area (Å²) in [5.41, 5.74) is 0. The standard InChI is InChI=1S/C4H6O.C2H4O2/c1-2-3-4-5;1-2(3)4/h1,5H,3-4H2;1H3,(H,3,4). The molecule has 0 aliphatic heterocycles. The van der Waals surface area contributed by atoms with Crippen molar-refractivity contribution in [1.82, 2.24) is 0 Å². The molecule has 3 nitrogen and oxygen atoms in total. The van der Waals surface area contributed by atoms with Crippen LogP contribution in [0.2, 0.25) is 0 Å². The number of carboxylic acids is 1. The van der Waals surface area contributed by atoms with E-state index in [4.69, 9.17) is 21.4 Å². The number of terminal acetylenes is 1. The molecule has 0 fully saturated rings. The first-order valence-corrected chi connectivity index (χ1v) is 2.39. The van der Waals surface area contributed by atoms with Crippen LogP contribution in [-0.4, -0.2) is 22.8 Å². The first-order chi connectivity index (χ1) is 4.15. The second-order valence-electron chi connectivity index (χ2n) is 1.20. The van der Waals surface area contributed by atoms with Gasteiger partial charge in [-0.1, -0.05) is 0 Å². The normalized spacial score (nSPS) is 6.33. The predicted octanol–water partition coefficient (Wildman–Crippen LogP) is 0.0929. The van der Waals surface area contributed by atoms with Crippen molar-refractivity contribution in [2.45, 2.75) is 13.3 Å². The van der Waals surface area contributed by atoms with Crippen LogP contribution in [0.15, 0.2) is 0 Å². The van der Waals surface area contributed by atoms with E-state index in [1.54, 1.807) is 0 Å². The third-order valence-corrected chi connectivity index (χ3v) is 0.256. The molecule has 0 aromatic rings. The Morgan fingerprint density at radius 3 is 2.11 bits per heavy atom. The zero-order chi connectivity index (χ0) is 7.70. The Bertz CT molecular complexity index is 97.4. The van der Waals surface area contributed by atoms with Crippen LogP contribution in [0.5, 0.6) is 0 Å².